The number of hydrogen-bond donors (Lipinski definition) is 2. The second-order valence-corrected chi connectivity index (χ2v) is 5.77. The Hall–Kier alpha value is -1.50. The molecule has 2 aromatic rings. The molecule has 0 bridgehead atoms. The quantitative estimate of drug-likeness (QED) is 0.776. The highest BCUT2D eigenvalue weighted by Gasteiger charge is 2.03. The van der Waals surface area contributed by atoms with Gasteiger partial charge in [-0.2, -0.15) is 0 Å². The molecule has 0 saturated carbocycles. The number of nitrogens with zero attached hydrogens (tertiary/aromatic N) is 1. The van der Waals surface area contributed by atoms with E-state index in [1.54, 1.807) is 6.20 Å². The van der Waals surface area contributed by atoms with Crippen LogP contribution < -0.4 is 10.5 Å². The van der Waals surface area contributed by atoms with Crippen LogP contribution in [0.25, 0.3) is 10.9 Å². The highest BCUT2D eigenvalue weighted by molar-refractivity contribution is 7.89. The number of benzene rings is 1. The van der Waals surface area contributed by atoms with Crippen molar-refractivity contribution in [1.82, 2.24) is 10.3 Å². The van der Waals surface area contributed by atoms with E-state index >= 15 is 0 Å². The number of pyridine rings is 1. The summed E-state index contributed by atoms with van der Waals surface area (Å²) in [5.41, 5.74) is 1.98. The number of aromatic nitrogens is 1. The smallest absolute Gasteiger partial charge is 0.210 e. The number of para-hydroxylation sites is 1. The number of rotatable bonds is 5. The van der Waals surface area contributed by atoms with E-state index in [0.717, 1.165) is 16.5 Å². The number of sulfonamides is 1. The van der Waals surface area contributed by atoms with E-state index in [-0.39, 0.29) is 5.75 Å². The van der Waals surface area contributed by atoms with E-state index in [0.29, 0.717) is 13.1 Å². The normalized spacial score (nSPS) is 11.8. The van der Waals surface area contributed by atoms with Crippen LogP contribution in [-0.4, -0.2) is 25.7 Å². The molecule has 0 aliphatic heterocycles. The van der Waals surface area contributed by atoms with E-state index in [4.69, 9.17) is 5.14 Å². The first-order chi connectivity index (χ1) is 8.56. The van der Waals surface area contributed by atoms with Crippen molar-refractivity contribution in [1.29, 1.82) is 0 Å². The summed E-state index contributed by atoms with van der Waals surface area (Å²) in [5.74, 6) is -0.0643. The van der Waals surface area contributed by atoms with Gasteiger partial charge in [0.1, 0.15) is 0 Å². The molecule has 0 spiro atoms. The molecule has 0 fully saturated rings. The lowest BCUT2D eigenvalue weighted by atomic mass is 10.1. The summed E-state index contributed by atoms with van der Waals surface area (Å²) in [4.78, 5) is 4.33. The molecule has 5 nitrogen and oxygen atoms in total. The monoisotopic (exact) mass is 265 g/mol. The van der Waals surface area contributed by atoms with Crippen LogP contribution in [0.4, 0.5) is 0 Å². The van der Waals surface area contributed by atoms with Crippen molar-refractivity contribution >= 4 is 20.9 Å². The van der Waals surface area contributed by atoms with Crippen LogP contribution in [0.5, 0.6) is 0 Å². The van der Waals surface area contributed by atoms with Gasteiger partial charge in [0.25, 0.3) is 0 Å². The van der Waals surface area contributed by atoms with Gasteiger partial charge in [-0.05, 0) is 11.6 Å². The summed E-state index contributed by atoms with van der Waals surface area (Å²) < 4.78 is 21.6. The van der Waals surface area contributed by atoms with Gasteiger partial charge >= 0.3 is 0 Å². The van der Waals surface area contributed by atoms with Crippen molar-refractivity contribution in [2.45, 2.75) is 6.54 Å². The Morgan fingerprint density at radius 3 is 2.78 bits per heavy atom. The van der Waals surface area contributed by atoms with Gasteiger partial charge in [-0.3, -0.25) is 4.98 Å². The van der Waals surface area contributed by atoms with Crippen LogP contribution in [0.15, 0.2) is 36.5 Å². The molecular formula is C12H15N3O2S. The number of hydrogen-bond acceptors (Lipinski definition) is 4. The van der Waals surface area contributed by atoms with Crippen molar-refractivity contribution < 1.29 is 8.42 Å². The van der Waals surface area contributed by atoms with E-state index < -0.39 is 10.0 Å². The van der Waals surface area contributed by atoms with Crippen LogP contribution in [-0.2, 0) is 16.6 Å². The van der Waals surface area contributed by atoms with Gasteiger partial charge < -0.3 is 5.32 Å². The number of fused-ring (bicyclic) bond motifs is 1. The molecule has 0 radical (unpaired) electrons. The highest BCUT2D eigenvalue weighted by atomic mass is 32.2. The van der Waals surface area contributed by atoms with Gasteiger partial charge in [0, 0.05) is 24.7 Å². The van der Waals surface area contributed by atoms with Gasteiger partial charge in [0.2, 0.25) is 10.0 Å². The topological polar surface area (TPSA) is 85.1 Å². The average molecular weight is 265 g/mol. The van der Waals surface area contributed by atoms with Gasteiger partial charge in [0.05, 0.1) is 11.3 Å². The summed E-state index contributed by atoms with van der Waals surface area (Å²) in [7, 11) is -3.40. The van der Waals surface area contributed by atoms with Crippen molar-refractivity contribution in [3.05, 3.63) is 42.1 Å². The van der Waals surface area contributed by atoms with Crippen molar-refractivity contribution in [3.8, 4) is 0 Å². The molecule has 0 amide bonds. The lowest BCUT2D eigenvalue weighted by Gasteiger charge is -2.06. The van der Waals surface area contributed by atoms with Gasteiger partial charge in [0.15, 0.2) is 0 Å². The molecule has 0 saturated heterocycles. The Bertz CT molecular complexity index is 635. The zero-order valence-electron chi connectivity index (χ0n) is 9.83. The second kappa shape index (κ2) is 5.43. The van der Waals surface area contributed by atoms with Gasteiger partial charge in [-0.25, -0.2) is 13.6 Å². The first kappa shape index (κ1) is 12.9. The number of nitrogens with two attached hydrogens (primary N) is 1. The van der Waals surface area contributed by atoms with Crippen molar-refractivity contribution in [3.63, 3.8) is 0 Å². The third kappa shape index (κ3) is 3.49. The molecule has 18 heavy (non-hydrogen) atoms. The van der Waals surface area contributed by atoms with E-state index in [2.05, 4.69) is 10.3 Å². The predicted molar refractivity (Wildman–Crippen MR) is 71.4 cm³/mol. The lowest BCUT2D eigenvalue weighted by molar-refractivity contribution is 0.592. The number of primary sulfonamides is 1. The molecule has 1 aromatic heterocycles. The predicted octanol–water partition coefficient (Wildman–Crippen LogP) is 0.613. The summed E-state index contributed by atoms with van der Waals surface area (Å²) in [5, 5.41) is 9.05. The molecule has 2 rings (SSSR count). The lowest BCUT2D eigenvalue weighted by Crippen LogP contribution is -2.26. The van der Waals surface area contributed by atoms with Crippen LogP contribution in [0.3, 0.4) is 0 Å². The summed E-state index contributed by atoms with van der Waals surface area (Å²) in [6.45, 7) is 0.909. The minimum Gasteiger partial charge on any atom is -0.312 e. The van der Waals surface area contributed by atoms with Crippen molar-refractivity contribution in [2.75, 3.05) is 12.3 Å². The molecule has 0 unspecified atom stereocenters. The zero-order valence-corrected chi connectivity index (χ0v) is 10.7. The Labute approximate surface area is 106 Å². The Kier molecular flexibility index (Phi) is 3.90. The molecule has 0 atom stereocenters. The number of nitrogens with one attached hydrogen (secondary N) is 1. The minimum absolute atomic E-state index is 0.0643. The first-order valence-corrected chi connectivity index (χ1v) is 7.31. The van der Waals surface area contributed by atoms with E-state index in [1.807, 2.05) is 30.3 Å². The third-order valence-corrected chi connectivity index (χ3v) is 3.37. The summed E-state index contributed by atoms with van der Waals surface area (Å²) >= 11 is 0. The SMILES string of the molecule is NS(=O)(=O)CCNCc1cccc2cccnc12. The van der Waals surface area contributed by atoms with Crippen LogP contribution in [0, 0.1) is 0 Å². The maximum absolute atomic E-state index is 10.8. The van der Waals surface area contributed by atoms with Crippen LogP contribution in [0.1, 0.15) is 5.56 Å². The molecule has 1 heterocycles. The standard InChI is InChI=1S/C12H15N3O2S/c13-18(16,17)8-7-14-9-11-4-1-3-10-5-2-6-15-12(10)11/h1-6,14H,7-9H2,(H2,13,16,17). The second-order valence-electron chi connectivity index (χ2n) is 4.04. The van der Waals surface area contributed by atoms with E-state index in [9.17, 15) is 8.42 Å². The van der Waals surface area contributed by atoms with Gasteiger partial charge in [-0.1, -0.05) is 24.3 Å². The highest BCUT2D eigenvalue weighted by Crippen LogP contribution is 2.15. The summed E-state index contributed by atoms with van der Waals surface area (Å²) in [6, 6.07) is 9.81. The largest absolute Gasteiger partial charge is 0.312 e. The molecular weight excluding hydrogens is 250 g/mol. The molecule has 96 valence electrons. The third-order valence-electron chi connectivity index (χ3n) is 2.60. The molecule has 3 N–H and O–H groups in total. The Balaban J connectivity index is 2.04. The van der Waals surface area contributed by atoms with Crippen molar-refractivity contribution in [2.24, 2.45) is 5.14 Å². The maximum atomic E-state index is 10.8. The molecule has 6 heteroatoms. The Morgan fingerprint density at radius 2 is 2.00 bits per heavy atom. The maximum Gasteiger partial charge on any atom is 0.210 e. The van der Waals surface area contributed by atoms with E-state index in [1.165, 1.54) is 0 Å². The van der Waals surface area contributed by atoms with Crippen LogP contribution in [0.2, 0.25) is 0 Å². The van der Waals surface area contributed by atoms with Gasteiger partial charge in [-0.15, -0.1) is 0 Å². The fourth-order valence-corrected chi connectivity index (χ4v) is 2.18. The fraction of sp³-hybridized carbons (Fsp3) is 0.250. The fourth-order valence-electron chi connectivity index (χ4n) is 1.75. The molecule has 1 aromatic carbocycles. The van der Waals surface area contributed by atoms with Crippen LogP contribution >= 0.6 is 0 Å². The molecule has 0 aliphatic rings. The molecule has 0 aliphatic carbocycles. The average Bonchev–Trinajstić information content (AvgIpc) is 2.33. The first-order valence-electron chi connectivity index (χ1n) is 5.60. The Morgan fingerprint density at radius 1 is 1.22 bits per heavy atom. The minimum atomic E-state index is -3.40. The zero-order chi connectivity index (χ0) is 13.0. The summed E-state index contributed by atoms with van der Waals surface area (Å²) in [6.07, 6.45) is 1.75.